The predicted molar refractivity (Wildman–Crippen MR) is 98.5 cm³/mol. The lowest BCUT2D eigenvalue weighted by Crippen LogP contribution is -2.32. The Labute approximate surface area is 153 Å². The van der Waals surface area contributed by atoms with Gasteiger partial charge in [0.15, 0.2) is 0 Å². The fourth-order valence-electron chi connectivity index (χ4n) is 2.68. The molecule has 0 saturated carbocycles. The fourth-order valence-corrected chi connectivity index (χ4v) is 2.87. The summed E-state index contributed by atoms with van der Waals surface area (Å²) >= 11 is 6.07. The molecule has 132 valence electrons. The van der Waals surface area contributed by atoms with Crippen molar-refractivity contribution in [3.63, 3.8) is 0 Å². The molecule has 25 heavy (non-hydrogen) atoms. The van der Waals surface area contributed by atoms with E-state index in [0.717, 1.165) is 17.1 Å². The molecular weight excluding hydrogens is 338 g/mol. The number of carbonyl (C=O) groups excluding carboxylic acids is 1. The van der Waals surface area contributed by atoms with Gasteiger partial charge in [0.05, 0.1) is 13.2 Å². The summed E-state index contributed by atoms with van der Waals surface area (Å²) in [5.74, 6) is 2.01. The molecule has 0 atom stereocenters. The molecule has 2 aromatic rings. The first-order valence-electron chi connectivity index (χ1n) is 8.46. The number of nitrogens with zero attached hydrogens (tertiary/aromatic N) is 1. The quantitative estimate of drug-likeness (QED) is 0.811. The van der Waals surface area contributed by atoms with Gasteiger partial charge in [-0.1, -0.05) is 25.4 Å². The number of hydrogen-bond acceptors (Lipinski definition) is 3. The minimum absolute atomic E-state index is 0.0214. The Morgan fingerprint density at radius 3 is 2.72 bits per heavy atom. The van der Waals surface area contributed by atoms with E-state index in [4.69, 9.17) is 21.1 Å². The van der Waals surface area contributed by atoms with E-state index in [0.29, 0.717) is 42.8 Å². The smallest absolute Gasteiger partial charge is 0.254 e. The third-order valence-electron chi connectivity index (χ3n) is 3.97. The summed E-state index contributed by atoms with van der Waals surface area (Å²) in [5, 5.41) is 0.642. The lowest BCUT2D eigenvalue weighted by atomic mass is 10.1. The first-order valence-corrected chi connectivity index (χ1v) is 8.84. The number of rotatable bonds is 4. The second-order valence-electron chi connectivity index (χ2n) is 6.56. The average molecular weight is 360 g/mol. The van der Waals surface area contributed by atoms with Gasteiger partial charge in [-0.25, -0.2) is 0 Å². The number of halogens is 1. The average Bonchev–Trinajstić information content (AvgIpc) is 2.81. The third kappa shape index (κ3) is 4.45. The van der Waals surface area contributed by atoms with Gasteiger partial charge in [0.2, 0.25) is 0 Å². The van der Waals surface area contributed by atoms with Crippen LogP contribution in [0.5, 0.6) is 11.5 Å². The van der Waals surface area contributed by atoms with Crippen molar-refractivity contribution in [1.29, 1.82) is 0 Å². The van der Waals surface area contributed by atoms with E-state index < -0.39 is 0 Å². The number of ether oxygens (including phenoxy) is 2. The minimum Gasteiger partial charge on any atom is -0.493 e. The maximum atomic E-state index is 12.8. The van der Waals surface area contributed by atoms with Crippen molar-refractivity contribution in [2.45, 2.75) is 20.4 Å². The number of benzene rings is 2. The SMILES string of the molecule is CC(C)COc1ccc(C(=O)N2CCOc3ccc(Cl)cc3C2)cc1. The Morgan fingerprint density at radius 2 is 2.00 bits per heavy atom. The van der Waals surface area contributed by atoms with Gasteiger partial charge in [0.25, 0.3) is 5.91 Å². The zero-order chi connectivity index (χ0) is 17.8. The molecule has 0 aromatic heterocycles. The topological polar surface area (TPSA) is 38.8 Å². The van der Waals surface area contributed by atoms with Crippen LogP contribution in [0.15, 0.2) is 42.5 Å². The summed E-state index contributed by atoms with van der Waals surface area (Å²) in [6.07, 6.45) is 0. The monoisotopic (exact) mass is 359 g/mol. The van der Waals surface area contributed by atoms with E-state index in [1.807, 2.05) is 36.4 Å². The molecule has 0 bridgehead atoms. The van der Waals surface area contributed by atoms with Crippen molar-refractivity contribution >= 4 is 17.5 Å². The third-order valence-corrected chi connectivity index (χ3v) is 4.21. The molecule has 5 heteroatoms. The molecular formula is C20H22ClNO3. The number of amides is 1. The highest BCUT2D eigenvalue weighted by atomic mass is 35.5. The largest absolute Gasteiger partial charge is 0.493 e. The minimum atomic E-state index is -0.0214. The van der Waals surface area contributed by atoms with Crippen molar-refractivity contribution in [3.8, 4) is 11.5 Å². The number of hydrogen-bond donors (Lipinski definition) is 0. The molecule has 1 aliphatic heterocycles. The molecule has 0 N–H and O–H groups in total. The zero-order valence-electron chi connectivity index (χ0n) is 14.5. The van der Waals surface area contributed by atoms with E-state index in [1.54, 1.807) is 11.0 Å². The van der Waals surface area contributed by atoms with Crippen molar-refractivity contribution in [2.24, 2.45) is 5.92 Å². The van der Waals surface area contributed by atoms with Crippen LogP contribution in [0.4, 0.5) is 0 Å². The maximum Gasteiger partial charge on any atom is 0.254 e. The summed E-state index contributed by atoms with van der Waals surface area (Å²) < 4.78 is 11.4. The van der Waals surface area contributed by atoms with Crippen LogP contribution in [-0.2, 0) is 6.54 Å². The van der Waals surface area contributed by atoms with Gasteiger partial charge in [-0.15, -0.1) is 0 Å². The Kier molecular flexibility index (Phi) is 5.49. The van der Waals surface area contributed by atoms with Gasteiger partial charge in [0.1, 0.15) is 18.1 Å². The molecule has 3 rings (SSSR count). The van der Waals surface area contributed by atoms with Crippen LogP contribution in [0, 0.1) is 5.92 Å². The van der Waals surface area contributed by atoms with Crippen molar-refractivity contribution in [3.05, 3.63) is 58.6 Å². The molecule has 1 aliphatic rings. The highest BCUT2D eigenvalue weighted by Crippen LogP contribution is 2.27. The van der Waals surface area contributed by atoms with Crippen molar-refractivity contribution in [1.82, 2.24) is 4.90 Å². The lowest BCUT2D eigenvalue weighted by Gasteiger charge is -2.20. The molecule has 1 heterocycles. The second-order valence-corrected chi connectivity index (χ2v) is 6.99. The van der Waals surface area contributed by atoms with Crippen LogP contribution in [0.3, 0.4) is 0 Å². The molecule has 4 nitrogen and oxygen atoms in total. The fraction of sp³-hybridized carbons (Fsp3) is 0.350. The van der Waals surface area contributed by atoms with Gasteiger partial charge in [-0.2, -0.15) is 0 Å². The van der Waals surface area contributed by atoms with Crippen LogP contribution < -0.4 is 9.47 Å². The Morgan fingerprint density at radius 1 is 1.24 bits per heavy atom. The standard InChI is InChI=1S/C20H22ClNO3/c1-14(2)13-25-18-6-3-15(4-7-18)20(23)22-9-10-24-19-8-5-17(21)11-16(19)12-22/h3-8,11,14H,9-10,12-13H2,1-2H3. The summed E-state index contributed by atoms with van der Waals surface area (Å²) in [5.41, 5.74) is 1.57. The molecule has 2 aromatic carbocycles. The van der Waals surface area contributed by atoms with E-state index in [2.05, 4.69) is 13.8 Å². The lowest BCUT2D eigenvalue weighted by molar-refractivity contribution is 0.0733. The Bertz CT molecular complexity index is 743. The van der Waals surface area contributed by atoms with Crippen LogP contribution in [0.25, 0.3) is 0 Å². The Hall–Kier alpha value is -2.20. The van der Waals surface area contributed by atoms with Gasteiger partial charge >= 0.3 is 0 Å². The van der Waals surface area contributed by atoms with Gasteiger partial charge in [-0.05, 0) is 48.4 Å². The highest BCUT2D eigenvalue weighted by molar-refractivity contribution is 6.30. The Balaban J connectivity index is 1.72. The number of carbonyl (C=O) groups is 1. The summed E-state index contributed by atoms with van der Waals surface area (Å²) in [7, 11) is 0. The van der Waals surface area contributed by atoms with Crippen LogP contribution >= 0.6 is 11.6 Å². The molecule has 0 fully saturated rings. The number of fused-ring (bicyclic) bond motifs is 1. The zero-order valence-corrected chi connectivity index (χ0v) is 15.3. The van der Waals surface area contributed by atoms with E-state index in [1.165, 1.54) is 0 Å². The van der Waals surface area contributed by atoms with E-state index in [9.17, 15) is 4.79 Å². The van der Waals surface area contributed by atoms with Crippen molar-refractivity contribution < 1.29 is 14.3 Å². The van der Waals surface area contributed by atoms with Gasteiger partial charge in [-0.3, -0.25) is 4.79 Å². The van der Waals surface area contributed by atoms with Crippen molar-refractivity contribution in [2.75, 3.05) is 19.8 Å². The maximum absolute atomic E-state index is 12.8. The molecule has 0 spiro atoms. The molecule has 0 unspecified atom stereocenters. The van der Waals surface area contributed by atoms with Gasteiger partial charge < -0.3 is 14.4 Å². The summed E-state index contributed by atoms with van der Waals surface area (Å²) in [4.78, 5) is 14.6. The first-order chi connectivity index (χ1) is 12.0. The molecule has 0 aliphatic carbocycles. The van der Waals surface area contributed by atoms with Crippen LogP contribution in [-0.4, -0.2) is 30.6 Å². The normalized spacial score (nSPS) is 13.8. The molecule has 1 amide bonds. The first kappa shape index (κ1) is 17.6. The molecule has 0 radical (unpaired) electrons. The second kappa shape index (κ2) is 7.79. The highest BCUT2D eigenvalue weighted by Gasteiger charge is 2.21. The van der Waals surface area contributed by atoms with Gasteiger partial charge in [0, 0.05) is 22.7 Å². The van der Waals surface area contributed by atoms with E-state index in [-0.39, 0.29) is 5.91 Å². The summed E-state index contributed by atoms with van der Waals surface area (Å²) in [6, 6.07) is 12.8. The van der Waals surface area contributed by atoms with Crippen LogP contribution in [0.2, 0.25) is 5.02 Å². The predicted octanol–water partition coefficient (Wildman–Crippen LogP) is 4.41. The van der Waals surface area contributed by atoms with E-state index >= 15 is 0 Å². The van der Waals surface area contributed by atoms with Crippen LogP contribution in [0.1, 0.15) is 29.8 Å². The summed E-state index contributed by atoms with van der Waals surface area (Å²) in [6.45, 7) is 6.36. The molecule has 0 saturated heterocycles.